The van der Waals surface area contributed by atoms with Gasteiger partial charge in [-0.2, -0.15) is 0 Å². The molecule has 0 aromatic carbocycles. The van der Waals surface area contributed by atoms with Crippen LogP contribution in [-0.4, -0.2) is 58.5 Å². The molecule has 0 aliphatic rings. The zero-order valence-corrected chi connectivity index (χ0v) is 11.6. The van der Waals surface area contributed by atoms with Gasteiger partial charge in [-0.1, -0.05) is 13.8 Å². The van der Waals surface area contributed by atoms with Crippen LogP contribution in [0.1, 0.15) is 26.7 Å². The van der Waals surface area contributed by atoms with Crippen molar-refractivity contribution < 1.29 is 24.2 Å². The molecule has 6 nitrogen and oxygen atoms in total. The molecule has 0 aliphatic heterocycles. The first-order valence-corrected chi connectivity index (χ1v) is 7.15. The van der Waals surface area contributed by atoms with Crippen molar-refractivity contribution in [1.82, 2.24) is 4.90 Å². The van der Waals surface area contributed by atoms with Crippen molar-refractivity contribution in [3.63, 3.8) is 0 Å². The Labute approximate surface area is 103 Å². The fourth-order valence-corrected chi connectivity index (χ4v) is 2.41. The average molecular weight is 269 g/mol. The van der Waals surface area contributed by atoms with E-state index in [1.165, 1.54) is 0 Å². The number of nitrogens with zero attached hydrogens (tertiary/aromatic N) is 1. The standard InChI is InChI=1S/C10H24NO5P/c1-3-10(4-2,9-16-17(14)15)11(5-7-12)6-8-13/h12-13,17H,3-9H2,1-2H3,(H,14,15). The van der Waals surface area contributed by atoms with Gasteiger partial charge in [0.15, 0.2) is 0 Å². The molecule has 0 fully saturated rings. The van der Waals surface area contributed by atoms with E-state index in [-0.39, 0.29) is 19.8 Å². The van der Waals surface area contributed by atoms with Crippen molar-refractivity contribution in [1.29, 1.82) is 0 Å². The molecule has 104 valence electrons. The van der Waals surface area contributed by atoms with Gasteiger partial charge in [-0.25, -0.2) is 0 Å². The third-order valence-electron chi connectivity index (χ3n) is 3.19. The Morgan fingerprint density at radius 2 is 1.65 bits per heavy atom. The van der Waals surface area contributed by atoms with Gasteiger partial charge in [0.25, 0.3) is 0 Å². The van der Waals surface area contributed by atoms with Crippen LogP contribution in [0.4, 0.5) is 0 Å². The second-order valence-corrected chi connectivity index (χ2v) is 4.74. The SMILES string of the molecule is CCC(CC)(CO[PH](=O)O)N(CCO)CCO. The van der Waals surface area contributed by atoms with Gasteiger partial charge in [0, 0.05) is 18.6 Å². The van der Waals surface area contributed by atoms with E-state index in [0.29, 0.717) is 13.1 Å². The Morgan fingerprint density at radius 3 is 1.94 bits per heavy atom. The smallest absolute Gasteiger partial charge is 0.316 e. The zero-order valence-electron chi connectivity index (χ0n) is 10.6. The van der Waals surface area contributed by atoms with Crippen molar-refractivity contribution in [2.45, 2.75) is 32.2 Å². The lowest BCUT2D eigenvalue weighted by molar-refractivity contribution is 0.00885. The summed E-state index contributed by atoms with van der Waals surface area (Å²) < 4.78 is 15.5. The molecule has 17 heavy (non-hydrogen) atoms. The van der Waals surface area contributed by atoms with Crippen LogP contribution in [0.25, 0.3) is 0 Å². The lowest BCUT2D eigenvalue weighted by Crippen LogP contribution is -2.53. The van der Waals surface area contributed by atoms with E-state index >= 15 is 0 Å². The Bertz CT molecular complexity index is 217. The second kappa shape index (κ2) is 9.03. The lowest BCUT2D eigenvalue weighted by atomic mass is 9.91. The number of hydrogen-bond acceptors (Lipinski definition) is 5. The van der Waals surface area contributed by atoms with Crippen molar-refractivity contribution in [2.24, 2.45) is 0 Å². The number of aliphatic hydroxyl groups is 2. The summed E-state index contributed by atoms with van der Waals surface area (Å²) in [6, 6.07) is 0. The molecule has 0 saturated carbocycles. The third-order valence-corrected chi connectivity index (χ3v) is 3.58. The van der Waals surface area contributed by atoms with E-state index in [1.807, 2.05) is 18.7 Å². The molecule has 0 rings (SSSR count). The number of β-amino-alcohol motifs (C(OH)–C–C–N with tert-alkyl or cyclic N) is 2. The highest BCUT2D eigenvalue weighted by atomic mass is 31.1. The van der Waals surface area contributed by atoms with Gasteiger partial charge in [-0.3, -0.25) is 9.46 Å². The molecule has 1 unspecified atom stereocenters. The van der Waals surface area contributed by atoms with Gasteiger partial charge in [0.1, 0.15) is 0 Å². The molecule has 7 heteroatoms. The largest absolute Gasteiger partial charge is 0.395 e. The van der Waals surface area contributed by atoms with Crippen molar-refractivity contribution >= 4 is 8.25 Å². The summed E-state index contributed by atoms with van der Waals surface area (Å²) in [6.07, 6.45) is 1.44. The first kappa shape index (κ1) is 17.0. The Hall–Kier alpha value is 0.0300. The van der Waals surface area contributed by atoms with Crippen LogP contribution in [0.3, 0.4) is 0 Å². The minimum Gasteiger partial charge on any atom is -0.395 e. The molecule has 1 atom stereocenters. The summed E-state index contributed by atoms with van der Waals surface area (Å²) in [5, 5.41) is 18.1. The molecule has 0 aromatic rings. The van der Waals surface area contributed by atoms with Gasteiger partial charge < -0.3 is 19.6 Å². The first-order valence-electron chi connectivity index (χ1n) is 5.88. The maximum atomic E-state index is 10.7. The summed E-state index contributed by atoms with van der Waals surface area (Å²) in [6.45, 7) is 4.85. The van der Waals surface area contributed by atoms with Crippen molar-refractivity contribution in [2.75, 3.05) is 32.9 Å². The highest BCUT2D eigenvalue weighted by molar-refractivity contribution is 7.32. The van der Waals surface area contributed by atoms with E-state index in [9.17, 15) is 4.57 Å². The van der Waals surface area contributed by atoms with Crippen molar-refractivity contribution in [3.05, 3.63) is 0 Å². The van der Waals surface area contributed by atoms with E-state index in [2.05, 4.69) is 0 Å². The van der Waals surface area contributed by atoms with Crippen LogP contribution in [0, 0.1) is 0 Å². The molecular weight excluding hydrogens is 245 g/mol. The van der Waals surface area contributed by atoms with E-state index < -0.39 is 13.8 Å². The molecular formula is C10H24NO5P. The predicted octanol–water partition coefficient (Wildman–Crippen LogP) is 0.230. The molecule has 0 saturated heterocycles. The molecule has 0 heterocycles. The van der Waals surface area contributed by atoms with Crippen molar-refractivity contribution in [3.8, 4) is 0 Å². The van der Waals surface area contributed by atoms with Crippen LogP contribution < -0.4 is 0 Å². The number of aliphatic hydroxyl groups excluding tert-OH is 2. The molecule has 0 radical (unpaired) electrons. The van der Waals surface area contributed by atoms with Crippen LogP contribution >= 0.6 is 8.25 Å². The van der Waals surface area contributed by atoms with Crippen LogP contribution in [0.15, 0.2) is 0 Å². The lowest BCUT2D eigenvalue weighted by Gasteiger charge is -2.42. The number of hydrogen-bond donors (Lipinski definition) is 3. The van der Waals surface area contributed by atoms with E-state index in [1.54, 1.807) is 0 Å². The molecule has 3 N–H and O–H groups in total. The van der Waals surface area contributed by atoms with Gasteiger partial charge in [0.2, 0.25) is 0 Å². The highest BCUT2D eigenvalue weighted by Gasteiger charge is 2.33. The molecule has 0 spiro atoms. The normalized spacial score (nSPS) is 14.2. The topological polar surface area (TPSA) is 90.2 Å². The van der Waals surface area contributed by atoms with Crippen LogP contribution in [-0.2, 0) is 9.09 Å². The predicted molar refractivity (Wildman–Crippen MR) is 66.2 cm³/mol. The summed E-state index contributed by atoms with van der Waals surface area (Å²) in [5.41, 5.74) is -0.408. The monoisotopic (exact) mass is 269 g/mol. The van der Waals surface area contributed by atoms with Crippen LogP contribution in [0.5, 0.6) is 0 Å². The fourth-order valence-electron chi connectivity index (χ4n) is 2.02. The molecule has 0 amide bonds. The minimum atomic E-state index is -2.95. The molecule has 0 aliphatic carbocycles. The average Bonchev–Trinajstić information content (AvgIpc) is 2.31. The molecule has 0 aromatic heterocycles. The Balaban J connectivity index is 4.76. The van der Waals surface area contributed by atoms with Gasteiger partial charge in [-0.15, -0.1) is 0 Å². The molecule has 0 bridgehead atoms. The summed E-state index contributed by atoms with van der Waals surface area (Å²) in [5.74, 6) is 0. The summed E-state index contributed by atoms with van der Waals surface area (Å²) in [4.78, 5) is 10.7. The summed E-state index contributed by atoms with van der Waals surface area (Å²) in [7, 11) is -2.95. The maximum absolute atomic E-state index is 10.7. The zero-order chi connectivity index (χ0) is 13.3. The summed E-state index contributed by atoms with van der Waals surface area (Å²) >= 11 is 0. The van der Waals surface area contributed by atoms with Gasteiger partial charge in [-0.05, 0) is 12.8 Å². The minimum absolute atomic E-state index is 0.0178. The van der Waals surface area contributed by atoms with Gasteiger partial charge >= 0.3 is 8.25 Å². The quantitative estimate of drug-likeness (QED) is 0.492. The highest BCUT2D eigenvalue weighted by Crippen LogP contribution is 2.28. The third kappa shape index (κ3) is 5.46. The fraction of sp³-hybridized carbons (Fsp3) is 1.00. The first-order chi connectivity index (χ1) is 8.06. The Morgan fingerprint density at radius 1 is 1.18 bits per heavy atom. The van der Waals surface area contributed by atoms with E-state index in [4.69, 9.17) is 19.6 Å². The maximum Gasteiger partial charge on any atom is 0.316 e. The van der Waals surface area contributed by atoms with E-state index in [0.717, 1.165) is 12.8 Å². The number of rotatable bonds is 10. The van der Waals surface area contributed by atoms with Gasteiger partial charge in [0.05, 0.1) is 19.8 Å². The van der Waals surface area contributed by atoms with Crippen LogP contribution in [0.2, 0.25) is 0 Å². The Kier molecular flexibility index (Phi) is 9.04. The second-order valence-electron chi connectivity index (χ2n) is 3.92.